The van der Waals surface area contributed by atoms with Gasteiger partial charge in [-0.1, -0.05) is 41.3 Å². The Morgan fingerprint density at radius 2 is 1.93 bits per heavy atom. The molecule has 8 heteroatoms. The smallest absolute Gasteiger partial charge is 0.286 e. The number of anilines is 1. The van der Waals surface area contributed by atoms with Crippen LogP contribution in [-0.2, 0) is 5.75 Å². The summed E-state index contributed by atoms with van der Waals surface area (Å²) in [5, 5.41) is 14.2. The lowest BCUT2D eigenvalue weighted by atomic mass is 10.1. The number of nitrogens with zero attached hydrogens (tertiary/aromatic N) is 3. The Kier molecular flexibility index (Phi) is 5.73. The molecule has 0 radical (unpaired) electrons. The summed E-state index contributed by atoms with van der Waals surface area (Å²) < 4.78 is 5.12. The third-order valence-corrected chi connectivity index (χ3v) is 6.28. The van der Waals surface area contributed by atoms with Gasteiger partial charge in [-0.05, 0) is 48.9 Å². The topological polar surface area (TPSA) is 77.0 Å². The van der Waals surface area contributed by atoms with E-state index in [1.54, 1.807) is 43.1 Å². The minimum absolute atomic E-state index is 0.274. The fourth-order valence-corrected chi connectivity index (χ4v) is 4.49. The minimum Gasteiger partial charge on any atom is -0.497 e. The van der Waals surface area contributed by atoms with E-state index < -0.39 is 0 Å². The van der Waals surface area contributed by atoms with Gasteiger partial charge in [-0.3, -0.25) is 4.79 Å². The number of rotatable bonds is 6. The van der Waals surface area contributed by atoms with Crippen LogP contribution in [0.3, 0.4) is 0 Å². The predicted octanol–water partition coefficient (Wildman–Crippen LogP) is 4.95. The summed E-state index contributed by atoms with van der Waals surface area (Å²) in [4.78, 5) is 17.1. The number of ether oxygens (including phenoxy) is 1. The second-order valence-electron chi connectivity index (χ2n) is 6.27. The number of aromatic nitrogens is 3. The zero-order valence-electron chi connectivity index (χ0n) is 15.9. The van der Waals surface area contributed by atoms with Gasteiger partial charge in [-0.25, -0.2) is 4.98 Å². The molecule has 2 heterocycles. The lowest BCUT2D eigenvalue weighted by Gasteiger charge is -2.05. The van der Waals surface area contributed by atoms with Crippen molar-refractivity contribution in [1.29, 1.82) is 0 Å². The molecule has 0 aliphatic carbocycles. The van der Waals surface area contributed by atoms with Crippen LogP contribution in [0.4, 0.5) is 5.69 Å². The van der Waals surface area contributed by atoms with Crippen molar-refractivity contribution < 1.29 is 9.53 Å². The first-order valence-corrected chi connectivity index (χ1v) is 10.7. The number of para-hydroxylation sites is 1. The summed E-state index contributed by atoms with van der Waals surface area (Å²) >= 11 is 2.87. The molecule has 0 spiro atoms. The Balaban J connectivity index is 1.40. The normalized spacial score (nSPS) is 10.8. The Morgan fingerprint density at radius 1 is 1.14 bits per heavy atom. The fraction of sp³-hybridized carbons (Fsp3) is 0.143. The first-order valence-electron chi connectivity index (χ1n) is 8.89. The van der Waals surface area contributed by atoms with Crippen molar-refractivity contribution >= 4 is 45.6 Å². The van der Waals surface area contributed by atoms with Gasteiger partial charge in [0.2, 0.25) is 5.01 Å². The molecule has 6 nitrogen and oxygen atoms in total. The van der Waals surface area contributed by atoms with E-state index >= 15 is 0 Å². The van der Waals surface area contributed by atoms with E-state index in [-0.39, 0.29) is 5.91 Å². The van der Waals surface area contributed by atoms with Gasteiger partial charge in [0.05, 0.1) is 23.4 Å². The molecule has 0 fully saturated rings. The predicted molar refractivity (Wildman–Crippen MR) is 117 cm³/mol. The van der Waals surface area contributed by atoms with Crippen molar-refractivity contribution in [2.45, 2.75) is 17.7 Å². The number of nitrogens with one attached hydrogen (secondary N) is 1. The number of aryl methyl sites for hydroxylation is 1. The number of pyridine rings is 1. The number of hydrogen-bond acceptors (Lipinski definition) is 7. The zero-order chi connectivity index (χ0) is 20.2. The number of carbonyl (C=O) groups excluding carboxylic acids is 1. The SMILES string of the molecule is COc1ccc(NC(=O)c2nnc(CSc3cc(C)c4ccccc4n3)s2)cc1. The van der Waals surface area contributed by atoms with Crippen LogP contribution in [0.15, 0.2) is 59.6 Å². The van der Waals surface area contributed by atoms with Crippen LogP contribution in [0.1, 0.15) is 20.4 Å². The minimum atomic E-state index is -0.274. The third kappa shape index (κ3) is 4.55. The Hall–Kier alpha value is -2.97. The molecule has 4 rings (SSSR count). The summed E-state index contributed by atoms with van der Waals surface area (Å²) in [5.74, 6) is 1.07. The molecule has 4 aromatic rings. The van der Waals surface area contributed by atoms with Crippen molar-refractivity contribution in [2.24, 2.45) is 0 Å². The van der Waals surface area contributed by atoms with Gasteiger partial charge in [0.1, 0.15) is 10.8 Å². The second-order valence-corrected chi connectivity index (χ2v) is 8.32. The lowest BCUT2D eigenvalue weighted by molar-refractivity contribution is 0.102. The van der Waals surface area contributed by atoms with Crippen LogP contribution in [0, 0.1) is 6.92 Å². The molecular weight excluding hydrogens is 404 g/mol. The Bertz CT molecular complexity index is 1160. The van der Waals surface area contributed by atoms with E-state index in [2.05, 4.69) is 34.6 Å². The highest BCUT2D eigenvalue weighted by atomic mass is 32.2. The van der Waals surface area contributed by atoms with Crippen LogP contribution < -0.4 is 10.1 Å². The molecule has 0 aliphatic rings. The summed E-state index contributed by atoms with van der Waals surface area (Å²) in [6, 6.07) is 17.3. The van der Waals surface area contributed by atoms with Gasteiger partial charge in [0.25, 0.3) is 5.91 Å². The molecule has 0 atom stereocenters. The fourth-order valence-electron chi connectivity index (χ4n) is 2.79. The van der Waals surface area contributed by atoms with Crippen molar-refractivity contribution in [1.82, 2.24) is 15.2 Å². The molecule has 0 saturated heterocycles. The molecule has 2 aromatic carbocycles. The van der Waals surface area contributed by atoms with Crippen molar-refractivity contribution in [3.05, 3.63) is 70.2 Å². The van der Waals surface area contributed by atoms with Crippen molar-refractivity contribution in [2.75, 3.05) is 12.4 Å². The standard InChI is InChI=1S/C21H18N4O2S2/c1-13-11-18(23-17-6-4-3-5-16(13)17)28-12-19-24-25-21(29-19)20(26)22-14-7-9-15(27-2)10-8-14/h3-11H,12H2,1-2H3,(H,22,26). The maximum absolute atomic E-state index is 12.4. The Morgan fingerprint density at radius 3 is 2.72 bits per heavy atom. The number of carbonyl (C=O) groups is 1. The average Bonchev–Trinajstić information content (AvgIpc) is 3.22. The number of hydrogen-bond donors (Lipinski definition) is 1. The van der Waals surface area contributed by atoms with Crippen molar-refractivity contribution in [3.63, 3.8) is 0 Å². The molecule has 0 unspecified atom stereocenters. The first kappa shape index (κ1) is 19.4. The molecule has 0 bridgehead atoms. The van der Waals surface area contributed by atoms with Crippen LogP contribution >= 0.6 is 23.1 Å². The van der Waals surface area contributed by atoms with E-state index in [9.17, 15) is 4.79 Å². The molecular formula is C21H18N4O2S2. The van der Waals surface area contributed by atoms with Gasteiger partial charge in [-0.15, -0.1) is 10.2 Å². The molecule has 29 heavy (non-hydrogen) atoms. The first-order chi connectivity index (χ1) is 14.1. The molecule has 1 amide bonds. The van der Waals surface area contributed by atoms with E-state index in [1.807, 2.05) is 18.2 Å². The monoisotopic (exact) mass is 422 g/mol. The quantitative estimate of drug-likeness (QED) is 0.443. The third-order valence-electron chi connectivity index (χ3n) is 4.25. The number of amides is 1. The van der Waals surface area contributed by atoms with Crippen LogP contribution in [0.5, 0.6) is 5.75 Å². The van der Waals surface area contributed by atoms with Gasteiger partial charge in [0, 0.05) is 11.1 Å². The summed E-state index contributed by atoms with van der Waals surface area (Å²) in [7, 11) is 1.60. The van der Waals surface area contributed by atoms with E-state index in [4.69, 9.17) is 9.72 Å². The Labute approximate surface area is 176 Å². The van der Waals surface area contributed by atoms with Crippen LogP contribution in [0.2, 0.25) is 0 Å². The maximum atomic E-state index is 12.4. The highest BCUT2D eigenvalue weighted by molar-refractivity contribution is 7.98. The molecule has 0 saturated carbocycles. The molecule has 2 aromatic heterocycles. The number of benzene rings is 2. The van der Waals surface area contributed by atoms with Gasteiger partial charge < -0.3 is 10.1 Å². The van der Waals surface area contributed by atoms with E-state index in [0.29, 0.717) is 16.4 Å². The zero-order valence-corrected chi connectivity index (χ0v) is 17.5. The van der Waals surface area contributed by atoms with Gasteiger partial charge >= 0.3 is 0 Å². The highest BCUT2D eigenvalue weighted by Crippen LogP contribution is 2.27. The summed E-state index contributed by atoms with van der Waals surface area (Å²) in [5.41, 5.74) is 2.85. The summed E-state index contributed by atoms with van der Waals surface area (Å²) in [6.07, 6.45) is 0. The molecule has 1 N–H and O–H groups in total. The molecule has 146 valence electrons. The lowest BCUT2D eigenvalue weighted by Crippen LogP contribution is -2.11. The largest absolute Gasteiger partial charge is 0.497 e. The second kappa shape index (κ2) is 8.59. The van der Waals surface area contributed by atoms with E-state index in [1.165, 1.54) is 16.9 Å². The average molecular weight is 423 g/mol. The van der Waals surface area contributed by atoms with Gasteiger partial charge in [-0.2, -0.15) is 0 Å². The number of fused-ring (bicyclic) bond motifs is 1. The maximum Gasteiger partial charge on any atom is 0.286 e. The highest BCUT2D eigenvalue weighted by Gasteiger charge is 2.14. The van der Waals surface area contributed by atoms with Crippen LogP contribution in [0.25, 0.3) is 10.9 Å². The number of thioether (sulfide) groups is 1. The van der Waals surface area contributed by atoms with Crippen LogP contribution in [-0.4, -0.2) is 28.2 Å². The molecule has 0 aliphatic heterocycles. The van der Waals surface area contributed by atoms with E-state index in [0.717, 1.165) is 26.7 Å². The number of methoxy groups -OCH3 is 1. The van der Waals surface area contributed by atoms with Gasteiger partial charge in [0.15, 0.2) is 0 Å². The summed E-state index contributed by atoms with van der Waals surface area (Å²) in [6.45, 7) is 2.08. The van der Waals surface area contributed by atoms with Crippen molar-refractivity contribution in [3.8, 4) is 5.75 Å².